The Bertz CT molecular complexity index is 373. The van der Waals surface area contributed by atoms with Crippen LogP contribution in [0.4, 0.5) is 5.13 Å². The molecule has 0 bridgehead atoms. The number of anilines is 1. The van der Waals surface area contributed by atoms with Gasteiger partial charge in [0.1, 0.15) is 0 Å². The number of aromatic nitrogens is 1. The van der Waals surface area contributed by atoms with Crippen LogP contribution in [0.25, 0.3) is 0 Å². The lowest BCUT2D eigenvalue weighted by atomic mass is 10.0. The summed E-state index contributed by atoms with van der Waals surface area (Å²) in [5, 5.41) is 0.956. The summed E-state index contributed by atoms with van der Waals surface area (Å²) in [5.41, 5.74) is 0.920. The van der Waals surface area contributed by atoms with Crippen molar-refractivity contribution in [2.24, 2.45) is 5.92 Å². The van der Waals surface area contributed by atoms with E-state index >= 15 is 0 Å². The molecule has 1 atom stereocenters. The molecule has 0 spiro atoms. The van der Waals surface area contributed by atoms with E-state index in [-0.39, 0.29) is 0 Å². The van der Waals surface area contributed by atoms with Gasteiger partial charge in [0.05, 0.1) is 10.6 Å². The molecule has 1 aromatic rings. The number of hydrogen-bond acceptors (Lipinski definition) is 4. The van der Waals surface area contributed by atoms with E-state index < -0.39 is 0 Å². The van der Waals surface area contributed by atoms with E-state index in [4.69, 9.17) is 0 Å². The van der Waals surface area contributed by atoms with E-state index in [9.17, 15) is 4.79 Å². The van der Waals surface area contributed by atoms with Crippen molar-refractivity contribution >= 4 is 22.8 Å². The Kier molecular flexibility index (Phi) is 5.12. The first-order valence-electron chi connectivity index (χ1n) is 6.17. The first-order valence-corrected chi connectivity index (χ1v) is 6.98. The molecule has 96 valence electrons. The van der Waals surface area contributed by atoms with Gasteiger partial charge in [-0.25, -0.2) is 4.98 Å². The molecule has 1 unspecified atom stereocenters. The Morgan fingerprint density at radius 1 is 1.41 bits per heavy atom. The highest BCUT2D eigenvalue weighted by Crippen LogP contribution is 2.27. The number of carbonyl (C=O) groups excluding carboxylic acids is 1. The lowest BCUT2D eigenvalue weighted by Gasteiger charge is -2.25. The Morgan fingerprint density at radius 3 is 2.47 bits per heavy atom. The van der Waals surface area contributed by atoms with Gasteiger partial charge in [-0.15, -0.1) is 0 Å². The molecule has 4 heteroatoms. The molecule has 0 radical (unpaired) electrons. The van der Waals surface area contributed by atoms with Crippen LogP contribution in [0, 0.1) is 5.92 Å². The van der Waals surface area contributed by atoms with Gasteiger partial charge in [0, 0.05) is 13.1 Å². The van der Waals surface area contributed by atoms with E-state index in [1.165, 1.54) is 11.3 Å². The SMILES string of the molecule is CCc1nc(N(C)C(C)CC(C)C)sc1C=O. The minimum atomic E-state index is 0.449. The number of aldehydes is 1. The number of rotatable bonds is 6. The molecule has 0 aliphatic heterocycles. The van der Waals surface area contributed by atoms with Crippen LogP contribution in [-0.2, 0) is 6.42 Å². The van der Waals surface area contributed by atoms with Gasteiger partial charge >= 0.3 is 0 Å². The summed E-state index contributed by atoms with van der Waals surface area (Å²) in [6, 6.07) is 0.449. The van der Waals surface area contributed by atoms with Gasteiger partial charge in [0.15, 0.2) is 11.4 Å². The average molecular weight is 254 g/mol. The van der Waals surface area contributed by atoms with Crippen LogP contribution in [0.3, 0.4) is 0 Å². The molecular weight excluding hydrogens is 232 g/mol. The van der Waals surface area contributed by atoms with Crippen molar-refractivity contribution in [1.29, 1.82) is 0 Å². The van der Waals surface area contributed by atoms with E-state index in [0.717, 1.165) is 34.8 Å². The van der Waals surface area contributed by atoms with Crippen LogP contribution in [-0.4, -0.2) is 24.4 Å². The summed E-state index contributed by atoms with van der Waals surface area (Å²) in [6.07, 6.45) is 2.87. The largest absolute Gasteiger partial charge is 0.348 e. The van der Waals surface area contributed by atoms with Crippen molar-refractivity contribution in [1.82, 2.24) is 4.98 Å². The van der Waals surface area contributed by atoms with Crippen molar-refractivity contribution in [3.63, 3.8) is 0 Å². The predicted molar refractivity (Wildman–Crippen MR) is 74.2 cm³/mol. The van der Waals surface area contributed by atoms with Gasteiger partial charge in [-0.2, -0.15) is 0 Å². The Hall–Kier alpha value is -0.900. The molecule has 0 aliphatic carbocycles. The Balaban J connectivity index is 2.84. The summed E-state index contributed by atoms with van der Waals surface area (Å²) in [5.74, 6) is 0.670. The summed E-state index contributed by atoms with van der Waals surface area (Å²) in [7, 11) is 2.06. The second kappa shape index (κ2) is 6.15. The van der Waals surface area contributed by atoms with E-state index in [1.54, 1.807) is 0 Å². The van der Waals surface area contributed by atoms with E-state index in [2.05, 4.69) is 37.7 Å². The lowest BCUT2D eigenvalue weighted by Crippen LogP contribution is -2.29. The second-order valence-electron chi connectivity index (χ2n) is 4.87. The van der Waals surface area contributed by atoms with E-state index in [0.29, 0.717) is 12.0 Å². The molecule has 0 aliphatic rings. The molecule has 0 saturated heterocycles. The highest BCUT2D eigenvalue weighted by molar-refractivity contribution is 7.17. The van der Waals surface area contributed by atoms with Gasteiger partial charge in [-0.1, -0.05) is 32.1 Å². The number of hydrogen-bond donors (Lipinski definition) is 0. The first kappa shape index (κ1) is 14.2. The van der Waals surface area contributed by atoms with Gasteiger partial charge in [-0.3, -0.25) is 4.79 Å². The highest BCUT2D eigenvalue weighted by Gasteiger charge is 2.17. The van der Waals surface area contributed by atoms with Crippen LogP contribution < -0.4 is 4.90 Å². The summed E-state index contributed by atoms with van der Waals surface area (Å²) < 4.78 is 0. The predicted octanol–water partition coefficient (Wildman–Crippen LogP) is 3.39. The van der Waals surface area contributed by atoms with Crippen molar-refractivity contribution in [3.8, 4) is 0 Å². The number of thiazole rings is 1. The normalized spacial score (nSPS) is 12.8. The fraction of sp³-hybridized carbons (Fsp3) is 0.692. The number of carbonyl (C=O) groups is 1. The molecule has 3 nitrogen and oxygen atoms in total. The summed E-state index contributed by atoms with van der Waals surface area (Å²) >= 11 is 1.49. The van der Waals surface area contributed by atoms with Gasteiger partial charge < -0.3 is 4.90 Å². The standard InChI is InChI=1S/C13H22N2OS/c1-6-11-12(8-16)17-13(14-11)15(5)10(4)7-9(2)3/h8-10H,6-7H2,1-5H3. The maximum absolute atomic E-state index is 10.9. The minimum absolute atomic E-state index is 0.449. The van der Waals surface area contributed by atoms with Gasteiger partial charge in [0.25, 0.3) is 0 Å². The van der Waals surface area contributed by atoms with Crippen LogP contribution >= 0.6 is 11.3 Å². The first-order chi connectivity index (χ1) is 7.99. The molecule has 0 N–H and O–H groups in total. The topological polar surface area (TPSA) is 33.2 Å². The third-order valence-electron chi connectivity index (χ3n) is 2.93. The zero-order valence-corrected chi connectivity index (χ0v) is 12.2. The highest BCUT2D eigenvalue weighted by atomic mass is 32.1. The number of aryl methyl sites for hydroxylation is 1. The third kappa shape index (κ3) is 3.53. The Morgan fingerprint density at radius 2 is 2.06 bits per heavy atom. The molecule has 17 heavy (non-hydrogen) atoms. The fourth-order valence-electron chi connectivity index (χ4n) is 1.88. The summed E-state index contributed by atoms with van der Waals surface area (Å²) in [6.45, 7) is 8.68. The molecule has 0 amide bonds. The van der Waals surface area contributed by atoms with Crippen LogP contribution in [0.15, 0.2) is 0 Å². The molecule has 0 fully saturated rings. The molecule has 1 rings (SSSR count). The van der Waals surface area contributed by atoms with E-state index in [1.807, 2.05) is 6.92 Å². The van der Waals surface area contributed by atoms with Crippen LogP contribution in [0.1, 0.15) is 49.5 Å². The smallest absolute Gasteiger partial charge is 0.186 e. The minimum Gasteiger partial charge on any atom is -0.348 e. The second-order valence-corrected chi connectivity index (χ2v) is 5.88. The quantitative estimate of drug-likeness (QED) is 0.730. The van der Waals surface area contributed by atoms with Gasteiger partial charge in [-0.05, 0) is 25.7 Å². The molecule has 0 aromatic carbocycles. The monoisotopic (exact) mass is 254 g/mol. The third-order valence-corrected chi connectivity index (χ3v) is 4.05. The van der Waals surface area contributed by atoms with Crippen molar-refractivity contribution < 1.29 is 4.79 Å². The maximum Gasteiger partial charge on any atom is 0.186 e. The van der Waals surface area contributed by atoms with Crippen molar-refractivity contribution in [3.05, 3.63) is 10.6 Å². The van der Waals surface area contributed by atoms with Crippen molar-refractivity contribution in [2.75, 3.05) is 11.9 Å². The number of nitrogens with zero attached hydrogens (tertiary/aromatic N) is 2. The summed E-state index contributed by atoms with van der Waals surface area (Å²) in [4.78, 5) is 18.4. The fourth-order valence-corrected chi connectivity index (χ4v) is 2.91. The molecule has 1 heterocycles. The molecule has 0 saturated carbocycles. The van der Waals surface area contributed by atoms with Crippen LogP contribution in [0.5, 0.6) is 0 Å². The van der Waals surface area contributed by atoms with Crippen molar-refractivity contribution in [2.45, 2.75) is 46.6 Å². The molecular formula is C13H22N2OS. The Labute approximate surface area is 108 Å². The zero-order valence-electron chi connectivity index (χ0n) is 11.4. The van der Waals surface area contributed by atoms with Gasteiger partial charge in [0.2, 0.25) is 0 Å². The zero-order chi connectivity index (χ0) is 13.0. The molecule has 1 aromatic heterocycles. The maximum atomic E-state index is 10.9. The average Bonchev–Trinajstić information content (AvgIpc) is 2.69. The van der Waals surface area contributed by atoms with Crippen LogP contribution in [0.2, 0.25) is 0 Å². The lowest BCUT2D eigenvalue weighted by molar-refractivity contribution is 0.112.